The molecule has 32 heavy (non-hydrogen) atoms. The first-order valence-electron chi connectivity index (χ1n) is 9.37. The molecule has 3 rings (SSSR count). The van der Waals surface area contributed by atoms with Crippen molar-refractivity contribution in [1.82, 2.24) is 15.5 Å². The Bertz CT molecular complexity index is 1130. The molecule has 11 heteroatoms. The summed E-state index contributed by atoms with van der Waals surface area (Å²) in [5, 5.41) is 12.4. The fourth-order valence-electron chi connectivity index (χ4n) is 2.78. The number of amides is 1. The summed E-state index contributed by atoms with van der Waals surface area (Å²) in [6.45, 7) is 2.01. The van der Waals surface area contributed by atoms with Gasteiger partial charge in [0.25, 0.3) is 5.91 Å². The molecule has 0 saturated carbocycles. The molecule has 3 aromatic rings. The normalized spacial score (nSPS) is 12.5. The number of carbonyl (C=O) groups excluding carboxylic acids is 1. The SMILES string of the molecule is COC[C@H](C)N=C(NC(=O)c1ccc(F)c(F)c1)Nc1cc(-c2cc(F)cc(Cl)c2)[nH]n1. The summed E-state index contributed by atoms with van der Waals surface area (Å²) in [6, 6.07) is 8.00. The van der Waals surface area contributed by atoms with Gasteiger partial charge in [-0.1, -0.05) is 11.6 Å². The first-order chi connectivity index (χ1) is 15.2. The van der Waals surface area contributed by atoms with E-state index < -0.39 is 23.4 Å². The number of H-pyrrole nitrogens is 1. The van der Waals surface area contributed by atoms with Crippen molar-refractivity contribution in [2.75, 3.05) is 19.0 Å². The molecule has 0 aliphatic rings. The molecule has 0 aliphatic carbocycles. The van der Waals surface area contributed by atoms with E-state index in [1.807, 2.05) is 0 Å². The van der Waals surface area contributed by atoms with Crippen molar-refractivity contribution in [3.05, 3.63) is 70.5 Å². The van der Waals surface area contributed by atoms with Crippen LogP contribution in [-0.4, -0.2) is 41.8 Å². The summed E-state index contributed by atoms with van der Waals surface area (Å²) < 4.78 is 45.3. The van der Waals surface area contributed by atoms with Crippen molar-refractivity contribution in [2.45, 2.75) is 13.0 Å². The smallest absolute Gasteiger partial charge is 0.258 e. The van der Waals surface area contributed by atoms with Crippen molar-refractivity contribution in [3.63, 3.8) is 0 Å². The molecule has 0 bridgehead atoms. The predicted molar refractivity (Wildman–Crippen MR) is 115 cm³/mol. The molecule has 168 valence electrons. The third-order valence-electron chi connectivity index (χ3n) is 4.17. The number of aliphatic imine (C=N–C) groups is 1. The summed E-state index contributed by atoms with van der Waals surface area (Å²) in [4.78, 5) is 16.8. The molecule has 1 heterocycles. The van der Waals surface area contributed by atoms with E-state index >= 15 is 0 Å². The van der Waals surface area contributed by atoms with Gasteiger partial charge >= 0.3 is 0 Å². The maximum absolute atomic E-state index is 13.6. The molecule has 0 spiro atoms. The minimum Gasteiger partial charge on any atom is -0.382 e. The lowest BCUT2D eigenvalue weighted by atomic mass is 10.1. The van der Waals surface area contributed by atoms with E-state index in [9.17, 15) is 18.0 Å². The fraction of sp³-hybridized carbons (Fsp3) is 0.190. The summed E-state index contributed by atoms with van der Waals surface area (Å²) >= 11 is 5.90. The lowest BCUT2D eigenvalue weighted by Gasteiger charge is -2.13. The average molecular weight is 466 g/mol. The van der Waals surface area contributed by atoms with Gasteiger partial charge in [-0.2, -0.15) is 5.10 Å². The highest BCUT2D eigenvalue weighted by Gasteiger charge is 2.15. The maximum Gasteiger partial charge on any atom is 0.258 e. The van der Waals surface area contributed by atoms with Gasteiger partial charge in [-0.25, -0.2) is 18.2 Å². The fourth-order valence-corrected chi connectivity index (χ4v) is 3.00. The number of ether oxygens (including phenoxy) is 1. The van der Waals surface area contributed by atoms with Crippen LogP contribution in [0.4, 0.5) is 19.0 Å². The van der Waals surface area contributed by atoms with Crippen LogP contribution in [0.1, 0.15) is 17.3 Å². The third-order valence-corrected chi connectivity index (χ3v) is 4.39. The molecule has 0 unspecified atom stereocenters. The van der Waals surface area contributed by atoms with Crippen molar-refractivity contribution < 1.29 is 22.7 Å². The molecule has 1 aromatic heterocycles. The van der Waals surface area contributed by atoms with E-state index in [1.54, 1.807) is 19.1 Å². The molecule has 2 aromatic carbocycles. The molecule has 0 aliphatic heterocycles. The zero-order valence-electron chi connectivity index (χ0n) is 17.0. The van der Waals surface area contributed by atoms with E-state index in [0.29, 0.717) is 11.3 Å². The number of aromatic nitrogens is 2. The molecule has 3 N–H and O–H groups in total. The van der Waals surface area contributed by atoms with Crippen LogP contribution in [0.3, 0.4) is 0 Å². The Morgan fingerprint density at radius 2 is 1.97 bits per heavy atom. The largest absolute Gasteiger partial charge is 0.382 e. The van der Waals surface area contributed by atoms with Crippen LogP contribution in [0.25, 0.3) is 11.3 Å². The number of anilines is 1. The van der Waals surface area contributed by atoms with E-state index in [-0.39, 0.29) is 35.0 Å². The number of halogens is 4. The zero-order chi connectivity index (χ0) is 23.3. The molecule has 0 saturated heterocycles. The Balaban J connectivity index is 1.82. The monoisotopic (exact) mass is 465 g/mol. The van der Waals surface area contributed by atoms with E-state index in [0.717, 1.165) is 18.2 Å². The highest BCUT2D eigenvalue weighted by Crippen LogP contribution is 2.24. The van der Waals surface area contributed by atoms with E-state index in [1.165, 1.54) is 19.2 Å². The van der Waals surface area contributed by atoms with E-state index in [2.05, 4.69) is 25.8 Å². The van der Waals surface area contributed by atoms with Gasteiger partial charge in [-0.15, -0.1) is 0 Å². The van der Waals surface area contributed by atoms with Crippen LogP contribution >= 0.6 is 11.6 Å². The number of benzene rings is 2. The highest BCUT2D eigenvalue weighted by molar-refractivity contribution is 6.30. The number of nitrogens with one attached hydrogen (secondary N) is 3. The predicted octanol–water partition coefficient (Wildman–Crippen LogP) is 4.38. The quantitative estimate of drug-likeness (QED) is 0.372. The van der Waals surface area contributed by atoms with Crippen LogP contribution < -0.4 is 10.6 Å². The third kappa shape index (κ3) is 6.08. The lowest BCUT2D eigenvalue weighted by molar-refractivity contribution is 0.0976. The summed E-state index contributed by atoms with van der Waals surface area (Å²) in [5.41, 5.74) is 0.827. The van der Waals surface area contributed by atoms with Gasteiger partial charge < -0.3 is 10.1 Å². The van der Waals surface area contributed by atoms with Gasteiger partial charge in [0, 0.05) is 29.3 Å². The number of nitrogens with zero attached hydrogens (tertiary/aromatic N) is 2. The first-order valence-corrected chi connectivity index (χ1v) is 9.75. The van der Waals surface area contributed by atoms with Crippen LogP contribution in [0, 0.1) is 17.5 Å². The maximum atomic E-state index is 13.6. The van der Waals surface area contributed by atoms with Gasteiger partial charge in [0.2, 0.25) is 5.96 Å². The van der Waals surface area contributed by atoms with Crippen molar-refractivity contribution in [3.8, 4) is 11.3 Å². The van der Waals surface area contributed by atoms with Crippen LogP contribution in [0.15, 0.2) is 47.5 Å². The summed E-state index contributed by atoms with van der Waals surface area (Å²) in [5.74, 6) is -3.18. The number of carbonyl (C=O) groups is 1. The number of rotatable bonds is 6. The molecular formula is C21H19ClF3N5O2. The molecule has 0 radical (unpaired) electrons. The van der Waals surface area contributed by atoms with Gasteiger partial charge in [-0.05, 0) is 43.3 Å². The summed E-state index contributed by atoms with van der Waals surface area (Å²) in [7, 11) is 1.50. The second kappa shape index (κ2) is 10.3. The van der Waals surface area contributed by atoms with Crippen LogP contribution in [0.5, 0.6) is 0 Å². The Hall–Kier alpha value is -3.37. The first kappa shape index (κ1) is 23.3. The standard InChI is InChI=1S/C21H19ClF3N5O2/c1-11(10-32-2)26-21(28-20(31)12-3-4-16(24)17(25)7-12)27-19-9-18(29-30-19)13-5-14(22)8-15(23)6-13/h3-9,11H,10H2,1-2H3,(H3,26,27,28,29,30,31)/t11-/m0/s1. The minimum absolute atomic E-state index is 0.000363. The van der Waals surface area contributed by atoms with Gasteiger partial charge in [0.1, 0.15) is 5.82 Å². The van der Waals surface area contributed by atoms with Crippen molar-refractivity contribution in [1.29, 1.82) is 0 Å². The second-order valence-electron chi connectivity index (χ2n) is 6.82. The number of hydrogen-bond donors (Lipinski definition) is 3. The van der Waals surface area contributed by atoms with Gasteiger partial charge in [0.05, 0.1) is 18.3 Å². The highest BCUT2D eigenvalue weighted by atomic mass is 35.5. The van der Waals surface area contributed by atoms with Gasteiger partial charge in [-0.3, -0.25) is 15.2 Å². The Labute approximate surface area is 186 Å². The zero-order valence-corrected chi connectivity index (χ0v) is 17.8. The van der Waals surface area contributed by atoms with Crippen LogP contribution in [-0.2, 0) is 4.74 Å². The number of guanidine groups is 1. The van der Waals surface area contributed by atoms with Gasteiger partial charge in [0.15, 0.2) is 17.5 Å². The Kier molecular flexibility index (Phi) is 7.49. The molecule has 1 atom stereocenters. The topological polar surface area (TPSA) is 91.4 Å². The number of aromatic amines is 1. The Morgan fingerprint density at radius 3 is 2.66 bits per heavy atom. The van der Waals surface area contributed by atoms with Crippen LogP contribution in [0.2, 0.25) is 5.02 Å². The number of hydrogen-bond acceptors (Lipinski definition) is 4. The molecule has 1 amide bonds. The molecular weight excluding hydrogens is 447 g/mol. The molecule has 0 fully saturated rings. The van der Waals surface area contributed by atoms with Crippen molar-refractivity contribution in [2.24, 2.45) is 4.99 Å². The minimum atomic E-state index is -1.15. The van der Waals surface area contributed by atoms with Crippen molar-refractivity contribution >= 4 is 29.3 Å². The lowest BCUT2D eigenvalue weighted by Crippen LogP contribution is -2.37. The Morgan fingerprint density at radius 1 is 1.19 bits per heavy atom. The van der Waals surface area contributed by atoms with E-state index in [4.69, 9.17) is 16.3 Å². The molecule has 7 nitrogen and oxygen atoms in total. The summed E-state index contributed by atoms with van der Waals surface area (Å²) in [6.07, 6.45) is 0. The number of methoxy groups -OCH3 is 1. The average Bonchev–Trinajstić information content (AvgIpc) is 3.18. The second-order valence-corrected chi connectivity index (χ2v) is 7.25.